The summed E-state index contributed by atoms with van der Waals surface area (Å²) in [4.78, 5) is 17.1. The summed E-state index contributed by atoms with van der Waals surface area (Å²) in [6.07, 6.45) is 3.64. The molecule has 2 aromatic carbocycles. The molecule has 0 bridgehead atoms. The first kappa shape index (κ1) is 25.8. The molecule has 1 aromatic heterocycles. The summed E-state index contributed by atoms with van der Waals surface area (Å²) >= 11 is 0. The van der Waals surface area contributed by atoms with Crippen molar-refractivity contribution >= 4 is 15.9 Å². The smallest absolute Gasteiger partial charge is 0.242 e. The Balaban J connectivity index is 1.32. The number of aromatic nitrogens is 1. The highest BCUT2D eigenvalue weighted by atomic mass is 32.2. The van der Waals surface area contributed by atoms with Gasteiger partial charge < -0.3 is 10.1 Å². The number of carbonyl (C=O) groups is 1. The highest BCUT2D eigenvalue weighted by molar-refractivity contribution is 7.89. The van der Waals surface area contributed by atoms with E-state index in [4.69, 9.17) is 4.74 Å². The fourth-order valence-corrected chi connectivity index (χ4v) is 5.73. The second-order valence-corrected chi connectivity index (χ2v) is 10.7. The average Bonchev–Trinajstić information content (AvgIpc) is 2.89. The van der Waals surface area contributed by atoms with Gasteiger partial charge in [-0.05, 0) is 74.6 Å². The number of amides is 1. The minimum absolute atomic E-state index is 0.0655. The molecule has 0 spiro atoms. The number of halogens is 1. The van der Waals surface area contributed by atoms with Gasteiger partial charge in [0.25, 0.3) is 0 Å². The van der Waals surface area contributed by atoms with Gasteiger partial charge in [0.15, 0.2) is 0 Å². The van der Waals surface area contributed by atoms with Crippen LogP contribution in [0.1, 0.15) is 44.2 Å². The van der Waals surface area contributed by atoms with Crippen LogP contribution in [-0.2, 0) is 14.8 Å². The van der Waals surface area contributed by atoms with Crippen molar-refractivity contribution in [3.8, 4) is 17.0 Å². The molecule has 1 heterocycles. The third-order valence-corrected chi connectivity index (χ3v) is 8.08. The van der Waals surface area contributed by atoms with Crippen molar-refractivity contribution in [2.24, 2.45) is 5.92 Å². The first-order valence-electron chi connectivity index (χ1n) is 11.9. The van der Waals surface area contributed by atoms with E-state index in [-0.39, 0.29) is 34.6 Å². The van der Waals surface area contributed by atoms with Gasteiger partial charge in [0, 0.05) is 23.7 Å². The third kappa shape index (κ3) is 6.09. The van der Waals surface area contributed by atoms with E-state index >= 15 is 0 Å². The molecule has 1 fully saturated rings. The summed E-state index contributed by atoms with van der Waals surface area (Å²) in [7, 11) is -2.17. The quantitative estimate of drug-likeness (QED) is 0.460. The maximum absolute atomic E-state index is 13.1. The van der Waals surface area contributed by atoms with E-state index in [9.17, 15) is 17.6 Å². The summed E-state index contributed by atoms with van der Waals surface area (Å²) in [6, 6.07) is 16.2. The van der Waals surface area contributed by atoms with Crippen molar-refractivity contribution < 1.29 is 22.3 Å². The lowest BCUT2D eigenvalue weighted by Gasteiger charge is -2.29. The minimum atomic E-state index is -3.75. The normalized spacial score (nSPS) is 18.9. The zero-order chi connectivity index (χ0) is 25.7. The number of benzene rings is 2. The number of rotatable bonds is 8. The standard InChI is InChI=1S/C27H30FN3O4S/c1-18(19-7-11-21(28)12-8-19)30-27(32)20-9-13-22(14-10-20)31-36(33,34)23-15-16-25(29-17-23)24-5-3-4-6-26(24)35-2/h3-8,11-12,15-18,20,22,31H,9-10,13-14H2,1-2H3,(H,30,32)/t18-,20-,22-/m1/s1. The molecule has 0 radical (unpaired) electrons. The van der Waals surface area contributed by atoms with Crippen LogP contribution >= 0.6 is 0 Å². The second-order valence-electron chi connectivity index (χ2n) is 9.03. The number of ether oxygens (including phenoxy) is 1. The second kappa shape index (κ2) is 11.2. The van der Waals surface area contributed by atoms with E-state index in [2.05, 4.69) is 15.0 Å². The molecule has 2 N–H and O–H groups in total. The number of methoxy groups -OCH3 is 1. The number of nitrogens with one attached hydrogen (secondary N) is 2. The largest absolute Gasteiger partial charge is 0.496 e. The first-order valence-corrected chi connectivity index (χ1v) is 13.4. The van der Waals surface area contributed by atoms with Crippen molar-refractivity contribution in [2.75, 3.05) is 7.11 Å². The third-order valence-electron chi connectivity index (χ3n) is 6.58. The summed E-state index contributed by atoms with van der Waals surface area (Å²) in [5, 5.41) is 2.98. The van der Waals surface area contributed by atoms with E-state index in [0.29, 0.717) is 37.1 Å². The van der Waals surface area contributed by atoms with Crippen LogP contribution in [-0.4, -0.2) is 32.5 Å². The summed E-state index contributed by atoms with van der Waals surface area (Å²) in [6.45, 7) is 1.86. The molecular formula is C27H30FN3O4S. The van der Waals surface area contributed by atoms with Crippen LogP contribution in [0.15, 0.2) is 71.8 Å². The highest BCUT2D eigenvalue weighted by Gasteiger charge is 2.30. The number of carbonyl (C=O) groups excluding carboxylic acids is 1. The molecule has 1 atom stereocenters. The maximum Gasteiger partial charge on any atom is 0.242 e. The zero-order valence-electron chi connectivity index (χ0n) is 20.3. The van der Waals surface area contributed by atoms with Crippen molar-refractivity contribution in [1.29, 1.82) is 0 Å². The molecule has 36 heavy (non-hydrogen) atoms. The van der Waals surface area contributed by atoms with Crippen molar-refractivity contribution in [3.63, 3.8) is 0 Å². The molecule has 0 unspecified atom stereocenters. The zero-order valence-corrected chi connectivity index (χ0v) is 21.1. The van der Waals surface area contributed by atoms with Crippen LogP contribution in [0, 0.1) is 11.7 Å². The van der Waals surface area contributed by atoms with Gasteiger partial charge in [0.05, 0.1) is 18.8 Å². The molecular weight excluding hydrogens is 481 g/mol. The summed E-state index contributed by atoms with van der Waals surface area (Å²) in [5.41, 5.74) is 2.23. The lowest BCUT2D eigenvalue weighted by atomic mass is 9.85. The molecule has 7 nitrogen and oxygen atoms in total. The molecule has 3 aromatic rings. The maximum atomic E-state index is 13.1. The predicted octanol–water partition coefficient (Wildman–Crippen LogP) is 4.61. The highest BCUT2D eigenvalue weighted by Crippen LogP contribution is 2.29. The molecule has 1 aliphatic rings. The van der Waals surface area contributed by atoms with Crippen LogP contribution in [0.3, 0.4) is 0 Å². The van der Waals surface area contributed by atoms with Crippen molar-refractivity contribution in [1.82, 2.24) is 15.0 Å². The molecule has 1 amide bonds. The fraction of sp³-hybridized carbons (Fsp3) is 0.333. The Morgan fingerprint density at radius 2 is 1.72 bits per heavy atom. The number of sulfonamides is 1. The molecule has 190 valence electrons. The van der Waals surface area contributed by atoms with Gasteiger partial charge in [-0.3, -0.25) is 9.78 Å². The Morgan fingerprint density at radius 3 is 2.36 bits per heavy atom. The summed E-state index contributed by atoms with van der Waals surface area (Å²) in [5.74, 6) is 0.0903. The molecule has 1 saturated carbocycles. The van der Waals surface area contributed by atoms with E-state index < -0.39 is 10.0 Å². The fourth-order valence-electron chi connectivity index (χ4n) is 4.48. The lowest BCUT2D eigenvalue weighted by molar-refractivity contribution is -0.126. The van der Waals surface area contributed by atoms with Gasteiger partial charge in [0.2, 0.25) is 15.9 Å². The van der Waals surface area contributed by atoms with Gasteiger partial charge in [-0.25, -0.2) is 17.5 Å². The predicted molar refractivity (Wildman–Crippen MR) is 135 cm³/mol. The Labute approximate surface area is 211 Å². The average molecular weight is 512 g/mol. The number of hydrogen-bond acceptors (Lipinski definition) is 5. The van der Waals surface area contributed by atoms with Crippen molar-refractivity contribution in [3.05, 3.63) is 78.2 Å². The Kier molecular flexibility index (Phi) is 8.01. The molecule has 0 saturated heterocycles. The van der Waals surface area contributed by atoms with Gasteiger partial charge in [-0.1, -0.05) is 24.3 Å². The van der Waals surface area contributed by atoms with Crippen molar-refractivity contribution in [2.45, 2.75) is 49.6 Å². The van der Waals surface area contributed by atoms with E-state index in [1.165, 1.54) is 24.4 Å². The van der Waals surface area contributed by atoms with Crippen LogP contribution in [0.5, 0.6) is 5.75 Å². The molecule has 4 rings (SSSR count). The van der Waals surface area contributed by atoms with Crippen LogP contribution in [0.25, 0.3) is 11.3 Å². The van der Waals surface area contributed by atoms with E-state index in [0.717, 1.165) is 11.1 Å². The Bertz CT molecular complexity index is 1290. The molecule has 0 aliphatic heterocycles. The summed E-state index contributed by atoms with van der Waals surface area (Å²) < 4.78 is 47.1. The van der Waals surface area contributed by atoms with E-state index in [1.54, 1.807) is 25.3 Å². The topological polar surface area (TPSA) is 97.4 Å². The van der Waals surface area contributed by atoms with Gasteiger partial charge >= 0.3 is 0 Å². The number of para-hydroxylation sites is 1. The van der Waals surface area contributed by atoms with Gasteiger partial charge in [-0.15, -0.1) is 0 Å². The van der Waals surface area contributed by atoms with Crippen LogP contribution in [0.2, 0.25) is 0 Å². The minimum Gasteiger partial charge on any atom is -0.496 e. The number of pyridine rings is 1. The SMILES string of the molecule is COc1ccccc1-c1ccc(S(=O)(=O)N[C@H]2CC[C@H](C(=O)N[C@H](C)c3ccc(F)cc3)CC2)cn1. The number of nitrogens with zero attached hydrogens (tertiary/aromatic N) is 1. The van der Waals surface area contributed by atoms with Gasteiger partial charge in [-0.2, -0.15) is 0 Å². The lowest BCUT2D eigenvalue weighted by Crippen LogP contribution is -2.41. The van der Waals surface area contributed by atoms with Crippen LogP contribution < -0.4 is 14.8 Å². The Hall–Kier alpha value is -3.30. The van der Waals surface area contributed by atoms with Gasteiger partial charge in [0.1, 0.15) is 16.5 Å². The monoisotopic (exact) mass is 511 g/mol. The Morgan fingerprint density at radius 1 is 1.03 bits per heavy atom. The first-order chi connectivity index (χ1) is 17.3. The molecule has 9 heteroatoms. The molecule has 1 aliphatic carbocycles. The van der Waals surface area contributed by atoms with Crippen LogP contribution in [0.4, 0.5) is 4.39 Å². The number of hydrogen-bond donors (Lipinski definition) is 2. The van der Waals surface area contributed by atoms with E-state index in [1.807, 2.05) is 31.2 Å².